The molecular formula is C19H27N2O6S+. The molecule has 28 heavy (non-hydrogen) atoms. The third-order valence-electron chi connectivity index (χ3n) is 5.82. The van der Waals surface area contributed by atoms with Crippen LogP contribution in [0.25, 0.3) is 0 Å². The van der Waals surface area contributed by atoms with Crippen LogP contribution in [0.4, 0.5) is 16.2 Å². The molecule has 1 saturated heterocycles. The number of rotatable bonds is 2. The van der Waals surface area contributed by atoms with Gasteiger partial charge in [0.2, 0.25) is 10.0 Å². The van der Waals surface area contributed by atoms with E-state index in [1.165, 1.54) is 17.5 Å². The number of sulfonamides is 1. The van der Waals surface area contributed by atoms with Crippen LogP contribution in [-0.4, -0.2) is 57.1 Å². The second-order valence-corrected chi connectivity index (χ2v) is 10.3. The Kier molecular flexibility index (Phi) is 4.95. The number of fused-ring (bicyclic) bond motifs is 1. The van der Waals surface area contributed by atoms with Crippen molar-refractivity contribution in [1.82, 2.24) is 4.48 Å². The molecule has 2 heterocycles. The first-order valence-electron chi connectivity index (χ1n) is 9.33. The highest BCUT2D eigenvalue weighted by molar-refractivity contribution is 7.92. The van der Waals surface area contributed by atoms with Gasteiger partial charge >= 0.3 is 12.1 Å². The summed E-state index contributed by atoms with van der Waals surface area (Å²) < 4.78 is 31.2. The zero-order chi connectivity index (χ0) is 20.9. The summed E-state index contributed by atoms with van der Waals surface area (Å²) in [6.07, 6.45) is 0.700. The van der Waals surface area contributed by atoms with Crippen LogP contribution in [0.2, 0.25) is 0 Å². The maximum Gasteiger partial charge on any atom is 0.519 e. The fourth-order valence-corrected chi connectivity index (χ4v) is 6.00. The van der Waals surface area contributed by atoms with Gasteiger partial charge in [0.15, 0.2) is 0 Å². The maximum absolute atomic E-state index is 12.7. The number of methoxy groups -OCH3 is 1. The van der Waals surface area contributed by atoms with Crippen LogP contribution in [0, 0.1) is 0 Å². The molecule has 0 saturated carbocycles. The highest BCUT2D eigenvalue weighted by atomic mass is 32.2. The molecule has 154 valence electrons. The first kappa shape index (κ1) is 20.6. The van der Waals surface area contributed by atoms with E-state index in [2.05, 4.69) is 0 Å². The largest absolute Gasteiger partial charge is 0.519 e. The van der Waals surface area contributed by atoms with Crippen LogP contribution in [0.15, 0.2) is 12.1 Å². The van der Waals surface area contributed by atoms with Crippen molar-refractivity contribution in [3.8, 4) is 0 Å². The number of ether oxygens (including phenoxy) is 1. The summed E-state index contributed by atoms with van der Waals surface area (Å²) in [5, 5.41) is 10.2. The van der Waals surface area contributed by atoms with Gasteiger partial charge < -0.3 is 9.84 Å². The number of amides is 1. The lowest BCUT2D eigenvalue weighted by atomic mass is 9.99. The molecule has 1 atom stereocenters. The van der Waals surface area contributed by atoms with E-state index in [1.807, 2.05) is 20.8 Å². The molecule has 0 aromatic heterocycles. The van der Waals surface area contributed by atoms with Gasteiger partial charge in [-0.25, -0.2) is 13.2 Å². The quantitative estimate of drug-likeness (QED) is 0.593. The number of hydrogen-bond acceptors (Lipinski definition) is 5. The van der Waals surface area contributed by atoms with Gasteiger partial charge in [-0.2, -0.15) is 9.28 Å². The van der Waals surface area contributed by atoms with E-state index in [1.54, 1.807) is 6.07 Å². The number of hydrogen-bond donors (Lipinski definition) is 1. The van der Waals surface area contributed by atoms with Crippen molar-refractivity contribution in [1.29, 1.82) is 0 Å². The highest BCUT2D eigenvalue weighted by Crippen LogP contribution is 2.47. The van der Waals surface area contributed by atoms with Gasteiger partial charge in [0.1, 0.15) is 11.2 Å². The standard InChI is InChI=1S/C19H26N2O6S/c1-19(2,3)21(18(23)24)9-7-14-15(20-8-5-6-10-28(20,25)26)11-13(12-16(14)21)17(22)27-4/h11-12H,5-10H2,1-4H3/p+1. The Bertz CT molecular complexity index is 934. The molecule has 0 aliphatic carbocycles. The van der Waals surface area contributed by atoms with E-state index in [0.29, 0.717) is 49.3 Å². The molecule has 1 N–H and O–H groups in total. The lowest BCUT2D eigenvalue weighted by molar-refractivity contribution is 0.0599. The predicted molar refractivity (Wildman–Crippen MR) is 106 cm³/mol. The summed E-state index contributed by atoms with van der Waals surface area (Å²) in [7, 11) is -2.27. The summed E-state index contributed by atoms with van der Waals surface area (Å²) in [5.41, 5.74) is 1.01. The first-order valence-corrected chi connectivity index (χ1v) is 10.9. The smallest absolute Gasteiger partial charge is 0.465 e. The fourth-order valence-electron chi connectivity index (χ4n) is 4.34. The van der Waals surface area contributed by atoms with Gasteiger partial charge in [-0.15, -0.1) is 0 Å². The molecule has 0 spiro atoms. The van der Waals surface area contributed by atoms with Crippen LogP contribution < -0.4 is 8.79 Å². The second kappa shape index (κ2) is 6.73. The maximum atomic E-state index is 12.7. The van der Waals surface area contributed by atoms with E-state index in [9.17, 15) is 23.1 Å². The Hall–Kier alpha value is -2.13. The Morgan fingerprint density at radius 2 is 1.89 bits per heavy atom. The van der Waals surface area contributed by atoms with Crippen LogP contribution in [0.5, 0.6) is 0 Å². The van der Waals surface area contributed by atoms with Crippen LogP contribution in [-0.2, 0) is 21.2 Å². The summed E-state index contributed by atoms with van der Waals surface area (Å²) in [6.45, 7) is 6.11. The average molecular weight is 412 g/mol. The number of esters is 1. The third kappa shape index (κ3) is 2.97. The van der Waals surface area contributed by atoms with Crippen molar-refractivity contribution in [3.05, 3.63) is 23.3 Å². The van der Waals surface area contributed by atoms with Gasteiger partial charge in [-0.1, -0.05) is 0 Å². The van der Waals surface area contributed by atoms with E-state index >= 15 is 0 Å². The molecule has 2 aliphatic rings. The normalized spacial score (nSPS) is 23.9. The van der Waals surface area contributed by atoms with Crippen molar-refractivity contribution in [2.24, 2.45) is 0 Å². The Morgan fingerprint density at radius 1 is 1.21 bits per heavy atom. The molecule has 1 aromatic carbocycles. The number of carboxylic acid groups (broad SMARTS) is 1. The Labute approximate surface area is 165 Å². The lowest BCUT2D eigenvalue weighted by Gasteiger charge is -2.40. The van der Waals surface area contributed by atoms with Gasteiger partial charge in [0, 0.05) is 24.6 Å². The topological polar surface area (TPSA) is 101 Å². The lowest BCUT2D eigenvalue weighted by Crippen LogP contribution is -2.63. The van der Waals surface area contributed by atoms with Crippen molar-refractivity contribution >= 4 is 33.5 Å². The van der Waals surface area contributed by atoms with Gasteiger partial charge in [-0.05, 0) is 39.7 Å². The number of carbonyl (C=O) groups is 2. The minimum atomic E-state index is -3.51. The van der Waals surface area contributed by atoms with Gasteiger partial charge in [0.25, 0.3) is 0 Å². The zero-order valence-corrected chi connectivity index (χ0v) is 17.5. The summed E-state index contributed by atoms with van der Waals surface area (Å²) in [4.78, 5) is 24.7. The van der Waals surface area contributed by atoms with Crippen LogP contribution in [0.1, 0.15) is 49.5 Å². The molecule has 2 aliphatic heterocycles. The number of anilines is 1. The third-order valence-corrected chi connectivity index (χ3v) is 7.68. The Morgan fingerprint density at radius 3 is 2.43 bits per heavy atom. The highest BCUT2D eigenvalue weighted by Gasteiger charge is 2.55. The number of quaternary nitrogens is 1. The minimum absolute atomic E-state index is 0.0441. The Balaban J connectivity index is 2.33. The van der Waals surface area contributed by atoms with E-state index in [0.717, 1.165) is 0 Å². The van der Waals surface area contributed by atoms with E-state index in [-0.39, 0.29) is 15.8 Å². The van der Waals surface area contributed by atoms with E-state index in [4.69, 9.17) is 4.74 Å². The average Bonchev–Trinajstić information content (AvgIpc) is 3.00. The van der Waals surface area contributed by atoms with Crippen molar-refractivity contribution in [2.75, 3.05) is 30.3 Å². The second-order valence-electron chi connectivity index (χ2n) is 8.32. The summed E-state index contributed by atoms with van der Waals surface area (Å²) in [5.74, 6) is -0.578. The number of carbonyl (C=O) groups excluding carboxylic acids is 1. The fraction of sp³-hybridized carbons (Fsp3) is 0.579. The van der Waals surface area contributed by atoms with Gasteiger partial charge in [-0.3, -0.25) is 4.31 Å². The first-order chi connectivity index (χ1) is 13.0. The molecule has 8 nitrogen and oxygen atoms in total. The summed E-state index contributed by atoms with van der Waals surface area (Å²) in [6, 6.07) is 3.08. The minimum Gasteiger partial charge on any atom is -0.465 e. The predicted octanol–water partition coefficient (Wildman–Crippen LogP) is 2.74. The summed E-state index contributed by atoms with van der Waals surface area (Å²) >= 11 is 0. The van der Waals surface area contributed by atoms with Crippen molar-refractivity contribution in [2.45, 2.75) is 45.6 Å². The molecule has 0 radical (unpaired) electrons. The van der Waals surface area contributed by atoms with E-state index < -0.39 is 27.6 Å². The number of nitrogens with zero attached hydrogens (tertiary/aromatic N) is 2. The van der Waals surface area contributed by atoms with Crippen molar-refractivity contribution in [3.63, 3.8) is 0 Å². The molecule has 9 heteroatoms. The molecule has 0 bridgehead atoms. The van der Waals surface area contributed by atoms with Crippen LogP contribution in [0.3, 0.4) is 0 Å². The molecule has 1 amide bonds. The molecule has 1 aromatic rings. The molecular weight excluding hydrogens is 384 g/mol. The SMILES string of the molecule is COC(=O)c1cc(N2CCCCS2(=O)=O)c2c(c1)[N+](C(=O)O)(C(C)(C)C)CC2. The number of benzene rings is 1. The molecule has 1 unspecified atom stereocenters. The van der Waals surface area contributed by atoms with Crippen LogP contribution >= 0.6 is 0 Å². The zero-order valence-electron chi connectivity index (χ0n) is 16.7. The molecule has 1 fully saturated rings. The monoisotopic (exact) mass is 411 g/mol. The molecule has 3 rings (SSSR count). The van der Waals surface area contributed by atoms with Crippen molar-refractivity contribution < 1.29 is 27.9 Å². The van der Waals surface area contributed by atoms with Gasteiger partial charge in [0.05, 0.1) is 30.7 Å².